The highest BCUT2D eigenvalue weighted by molar-refractivity contribution is 7.92. The molecule has 0 rings (SSSR count). The van der Waals surface area contributed by atoms with Crippen molar-refractivity contribution in [3.05, 3.63) is 0 Å². The van der Waals surface area contributed by atoms with Crippen LogP contribution in [0, 0.1) is 0 Å². The van der Waals surface area contributed by atoms with Crippen molar-refractivity contribution in [3.8, 4) is 0 Å². The molecule has 0 aromatic carbocycles. The number of hydrogen-bond donors (Lipinski definition) is 3. The Kier molecular flexibility index (Phi) is 5.10. The second kappa shape index (κ2) is 5.55. The zero-order valence-electron chi connectivity index (χ0n) is 7.52. The first kappa shape index (κ1) is 12.8. The Morgan fingerprint density at radius 2 is 1.86 bits per heavy atom. The Balaban J connectivity index is 4.09. The fourth-order valence-electron chi connectivity index (χ4n) is 0.749. The van der Waals surface area contributed by atoms with Crippen LogP contribution in [0.3, 0.4) is 0 Å². The summed E-state index contributed by atoms with van der Waals surface area (Å²) in [7, 11) is -3.49. The molecule has 0 aliphatic carbocycles. The molecule has 0 aliphatic heterocycles. The molecule has 0 heterocycles. The SMILES string of the molecule is NCCCS(=O)(=O)CC(=O)NC(N)=O. The molecule has 14 heavy (non-hydrogen) atoms. The zero-order chi connectivity index (χ0) is 11.2. The molecule has 0 aliphatic rings. The van der Waals surface area contributed by atoms with E-state index in [1.165, 1.54) is 0 Å². The van der Waals surface area contributed by atoms with Gasteiger partial charge in [0, 0.05) is 0 Å². The topological polar surface area (TPSA) is 132 Å². The van der Waals surface area contributed by atoms with Crippen LogP contribution < -0.4 is 16.8 Å². The Labute approximate surface area is 81.7 Å². The molecular formula is C6H13N3O4S. The van der Waals surface area contributed by atoms with Gasteiger partial charge in [-0.3, -0.25) is 10.1 Å². The number of primary amides is 1. The van der Waals surface area contributed by atoms with Gasteiger partial charge in [0.25, 0.3) is 0 Å². The number of carbonyl (C=O) groups excluding carboxylic acids is 2. The molecule has 0 fully saturated rings. The second-order valence-corrected chi connectivity index (χ2v) is 4.83. The van der Waals surface area contributed by atoms with E-state index in [2.05, 4.69) is 5.73 Å². The van der Waals surface area contributed by atoms with Gasteiger partial charge in [0.05, 0.1) is 5.75 Å². The van der Waals surface area contributed by atoms with Crippen molar-refractivity contribution in [1.82, 2.24) is 5.32 Å². The Bertz CT molecular complexity index is 311. The third-order valence-electron chi connectivity index (χ3n) is 1.27. The quantitative estimate of drug-likeness (QED) is 0.493. The molecule has 0 aromatic heterocycles. The van der Waals surface area contributed by atoms with Crippen LogP contribution in [-0.2, 0) is 14.6 Å². The lowest BCUT2D eigenvalue weighted by molar-refractivity contribution is -0.117. The summed E-state index contributed by atoms with van der Waals surface area (Å²) in [5, 5.41) is 1.66. The second-order valence-electron chi connectivity index (χ2n) is 2.65. The van der Waals surface area contributed by atoms with Crippen LogP contribution in [-0.4, -0.2) is 38.4 Å². The van der Waals surface area contributed by atoms with Crippen molar-refractivity contribution in [1.29, 1.82) is 0 Å². The fraction of sp³-hybridized carbons (Fsp3) is 0.667. The van der Waals surface area contributed by atoms with E-state index >= 15 is 0 Å². The molecule has 82 valence electrons. The van der Waals surface area contributed by atoms with Crippen molar-refractivity contribution < 1.29 is 18.0 Å². The van der Waals surface area contributed by atoms with E-state index in [9.17, 15) is 18.0 Å². The molecule has 0 radical (unpaired) electrons. The average Bonchev–Trinajstić information content (AvgIpc) is 1.98. The standard InChI is InChI=1S/C6H13N3O4S/c7-2-1-3-14(12,13)4-5(10)9-6(8)11/h1-4,7H2,(H3,8,9,10,11). The van der Waals surface area contributed by atoms with Gasteiger partial charge in [-0.2, -0.15) is 0 Å². The minimum absolute atomic E-state index is 0.171. The highest BCUT2D eigenvalue weighted by Crippen LogP contribution is 1.92. The van der Waals surface area contributed by atoms with E-state index in [0.29, 0.717) is 0 Å². The van der Waals surface area contributed by atoms with Crippen LogP contribution in [0.1, 0.15) is 6.42 Å². The van der Waals surface area contributed by atoms with Crippen LogP contribution in [0.4, 0.5) is 4.79 Å². The molecule has 0 bridgehead atoms. The molecule has 0 saturated carbocycles. The molecule has 3 amide bonds. The van der Waals surface area contributed by atoms with Crippen LogP contribution >= 0.6 is 0 Å². The maximum absolute atomic E-state index is 11.1. The predicted molar refractivity (Wildman–Crippen MR) is 50.1 cm³/mol. The van der Waals surface area contributed by atoms with Crippen LogP contribution in [0.5, 0.6) is 0 Å². The third-order valence-corrected chi connectivity index (χ3v) is 2.89. The van der Waals surface area contributed by atoms with Gasteiger partial charge < -0.3 is 11.5 Å². The highest BCUT2D eigenvalue weighted by atomic mass is 32.2. The monoisotopic (exact) mass is 223 g/mol. The first-order valence-electron chi connectivity index (χ1n) is 3.87. The van der Waals surface area contributed by atoms with Gasteiger partial charge in [-0.25, -0.2) is 13.2 Å². The lowest BCUT2D eigenvalue weighted by atomic mass is 10.5. The number of amides is 3. The lowest BCUT2D eigenvalue weighted by Gasteiger charge is -2.02. The van der Waals surface area contributed by atoms with Crippen molar-refractivity contribution in [2.45, 2.75) is 6.42 Å². The Morgan fingerprint density at radius 1 is 1.29 bits per heavy atom. The summed E-state index contributed by atoms with van der Waals surface area (Å²) < 4.78 is 22.2. The van der Waals surface area contributed by atoms with Crippen LogP contribution in [0.15, 0.2) is 0 Å². The van der Waals surface area contributed by atoms with E-state index in [4.69, 9.17) is 5.73 Å². The maximum Gasteiger partial charge on any atom is 0.318 e. The van der Waals surface area contributed by atoms with E-state index in [1.807, 2.05) is 0 Å². The minimum Gasteiger partial charge on any atom is -0.351 e. The van der Waals surface area contributed by atoms with Crippen molar-refractivity contribution in [2.24, 2.45) is 11.5 Å². The largest absolute Gasteiger partial charge is 0.351 e. The first-order chi connectivity index (χ1) is 6.37. The number of sulfone groups is 1. The summed E-state index contributed by atoms with van der Waals surface area (Å²) in [5.41, 5.74) is 9.73. The summed E-state index contributed by atoms with van der Waals surface area (Å²) in [5.74, 6) is -1.83. The Hall–Kier alpha value is -1.15. The number of nitrogens with one attached hydrogen (secondary N) is 1. The van der Waals surface area contributed by atoms with Gasteiger partial charge in [0.2, 0.25) is 5.91 Å². The van der Waals surface area contributed by atoms with Crippen molar-refractivity contribution >= 4 is 21.8 Å². The molecule has 0 aromatic rings. The molecule has 8 heteroatoms. The number of carbonyl (C=O) groups is 2. The average molecular weight is 223 g/mol. The van der Waals surface area contributed by atoms with Gasteiger partial charge >= 0.3 is 6.03 Å². The number of rotatable bonds is 5. The zero-order valence-corrected chi connectivity index (χ0v) is 8.34. The van der Waals surface area contributed by atoms with Gasteiger partial charge in [0.1, 0.15) is 5.75 Å². The number of imide groups is 1. The van der Waals surface area contributed by atoms with Gasteiger partial charge in [-0.1, -0.05) is 0 Å². The molecular weight excluding hydrogens is 210 g/mol. The highest BCUT2D eigenvalue weighted by Gasteiger charge is 2.16. The van der Waals surface area contributed by atoms with Crippen molar-refractivity contribution in [2.75, 3.05) is 18.1 Å². The van der Waals surface area contributed by atoms with E-state index in [1.54, 1.807) is 5.32 Å². The summed E-state index contributed by atoms with van der Waals surface area (Å²) in [6.45, 7) is 0.233. The summed E-state index contributed by atoms with van der Waals surface area (Å²) >= 11 is 0. The van der Waals surface area contributed by atoms with Gasteiger partial charge in [-0.15, -0.1) is 0 Å². The molecule has 0 unspecified atom stereocenters. The molecule has 5 N–H and O–H groups in total. The van der Waals surface area contributed by atoms with Crippen molar-refractivity contribution in [3.63, 3.8) is 0 Å². The van der Waals surface area contributed by atoms with Gasteiger partial charge in [0.15, 0.2) is 9.84 Å². The summed E-state index contributed by atoms with van der Waals surface area (Å²) in [6, 6.07) is -1.07. The predicted octanol–water partition coefficient (Wildman–Crippen LogP) is -2.06. The first-order valence-corrected chi connectivity index (χ1v) is 5.69. The Morgan fingerprint density at radius 3 is 2.29 bits per heavy atom. The van der Waals surface area contributed by atoms with Crippen LogP contribution in [0.2, 0.25) is 0 Å². The molecule has 0 spiro atoms. The molecule has 0 saturated heterocycles. The minimum atomic E-state index is -3.49. The van der Waals surface area contributed by atoms with E-state index < -0.39 is 27.5 Å². The number of nitrogens with two attached hydrogens (primary N) is 2. The normalized spacial score (nSPS) is 10.9. The smallest absolute Gasteiger partial charge is 0.318 e. The number of hydrogen-bond acceptors (Lipinski definition) is 5. The lowest BCUT2D eigenvalue weighted by Crippen LogP contribution is -2.39. The third kappa shape index (κ3) is 6.38. The van der Waals surface area contributed by atoms with E-state index in [0.717, 1.165) is 0 Å². The summed E-state index contributed by atoms with van der Waals surface area (Å²) in [6.07, 6.45) is 0.284. The van der Waals surface area contributed by atoms with Gasteiger partial charge in [-0.05, 0) is 13.0 Å². The van der Waals surface area contributed by atoms with Crippen LogP contribution in [0.25, 0.3) is 0 Å². The summed E-state index contributed by atoms with van der Waals surface area (Å²) in [4.78, 5) is 21.0. The maximum atomic E-state index is 11.1. The molecule has 0 atom stereocenters. The molecule has 7 nitrogen and oxygen atoms in total. The number of urea groups is 1. The van der Waals surface area contributed by atoms with E-state index in [-0.39, 0.29) is 18.7 Å². The fourth-order valence-corrected chi connectivity index (χ4v) is 1.97.